The molecule has 4 aromatic heterocycles. The Kier molecular flexibility index (Phi) is 6.83. The van der Waals surface area contributed by atoms with Crippen molar-refractivity contribution in [3.63, 3.8) is 0 Å². The van der Waals surface area contributed by atoms with Crippen LogP contribution >= 0.6 is 0 Å². The van der Waals surface area contributed by atoms with Gasteiger partial charge in [0.15, 0.2) is 11.6 Å². The second-order valence-corrected chi connectivity index (χ2v) is 14.4. The van der Waals surface area contributed by atoms with Crippen molar-refractivity contribution in [2.75, 3.05) is 0 Å². The van der Waals surface area contributed by atoms with Gasteiger partial charge in [-0.3, -0.25) is 4.57 Å². The number of fused-ring (bicyclic) bond motifs is 10. The Morgan fingerprint density at radius 1 is 0.351 bits per heavy atom. The van der Waals surface area contributed by atoms with Crippen molar-refractivity contribution in [1.29, 1.82) is 0 Å². The standard InChI is InChI=1S/C51H30N4O2/c1-3-13-31(14-4-1)33-17-11-18-34(29-33)49-52-50(35-25-26-40-45(30-35)57-43-24-12-21-36(46(40)43)32-15-5-2-6-16-32)54-51(53-49)55-41-22-9-7-19-37(41)38-27-28-44-47(48(38)55)39-20-8-10-23-42(39)56-44/h1-30H. The van der Waals surface area contributed by atoms with E-state index in [2.05, 4.69) is 150 Å². The molecule has 0 aliphatic heterocycles. The van der Waals surface area contributed by atoms with Crippen molar-refractivity contribution >= 4 is 65.7 Å². The molecule has 266 valence electrons. The smallest absolute Gasteiger partial charge is 0.238 e. The van der Waals surface area contributed by atoms with Crippen LogP contribution in [0.25, 0.3) is 117 Å². The first-order chi connectivity index (χ1) is 28.2. The molecule has 0 atom stereocenters. The maximum absolute atomic E-state index is 6.57. The molecule has 0 N–H and O–H groups in total. The lowest BCUT2D eigenvalue weighted by Crippen LogP contribution is -2.06. The third kappa shape index (κ3) is 4.94. The average Bonchev–Trinajstić information content (AvgIpc) is 3.96. The quantitative estimate of drug-likeness (QED) is 0.176. The number of benzene rings is 8. The number of rotatable bonds is 5. The summed E-state index contributed by atoms with van der Waals surface area (Å²) in [6, 6.07) is 62.6. The summed E-state index contributed by atoms with van der Waals surface area (Å²) >= 11 is 0. The lowest BCUT2D eigenvalue weighted by atomic mass is 9.99. The molecule has 6 nitrogen and oxygen atoms in total. The van der Waals surface area contributed by atoms with Crippen LogP contribution in [0, 0.1) is 0 Å². The first-order valence-corrected chi connectivity index (χ1v) is 19.0. The van der Waals surface area contributed by atoms with Gasteiger partial charge >= 0.3 is 0 Å². The number of hydrogen-bond donors (Lipinski definition) is 0. The molecule has 12 rings (SSSR count). The molecule has 57 heavy (non-hydrogen) atoms. The topological polar surface area (TPSA) is 69.9 Å². The van der Waals surface area contributed by atoms with Gasteiger partial charge in [-0.15, -0.1) is 0 Å². The molecule has 4 heterocycles. The van der Waals surface area contributed by atoms with Crippen LogP contribution in [0.15, 0.2) is 191 Å². The molecular weight excluding hydrogens is 701 g/mol. The van der Waals surface area contributed by atoms with Gasteiger partial charge in [-0.1, -0.05) is 133 Å². The minimum Gasteiger partial charge on any atom is -0.456 e. The average molecular weight is 731 g/mol. The first kappa shape index (κ1) is 31.5. The van der Waals surface area contributed by atoms with E-state index in [0.717, 1.165) is 99.1 Å². The van der Waals surface area contributed by atoms with Crippen LogP contribution < -0.4 is 0 Å². The van der Waals surface area contributed by atoms with Crippen LogP contribution in [0.3, 0.4) is 0 Å². The predicted molar refractivity (Wildman–Crippen MR) is 230 cm³/mol. The van der Waals surface area contributed by atoms with E-state index in [9.17, 15) is 0 Å². The number of nitrogens with zero attached hydrogens (tertiary/aromatic N) is 4. The summed E-state index contributed by atoms with van der Waals surface area (Å²) < 4.78 is 15.2. The highest BCUT2D eigenvalue weighted by Crippen LogP contribution is 2.42. The zero-order valence-corrected chi connectivity index (χ0v) is 30.4. The molecule has 6 heteroatoms. The Hall–Kier alpha value is -7.83. The van der Waals surface area contributed by atoms with Crippen molar-refractivity contribution in [2.24, 2.45) is 0 Å². The van der Waals surface area contributed by atoms with Gasteiger partial charge in [0.2, 0.25) is 5.95 Å². The fourth-order valence-corrected chi connectivity index (χ4v) is 8.49. The molecule has 0 aliphatic rings. The largest absolute Gasteiger partial charge is 0.456 e. The van der Waals surface area contributed by atoms with E-state index in [-0.39, 0.29) is 0 Å². The number of para-hydroxylation sites is 2. The fourth-order valence-electron chi connectivity index (χ4n) is 8.49. The van der Waals surface area contributed by atoms with Crippen molar-refractivity contribution in [3.8, 4) is 51.0 Å². The zero-order chi connectivity index (χ0) is 37.5. The van der Waals surface area contributed by atoms with Crippen LogP contribution in [0.5, 0.6) is 0 Å². The summed E-state index contributed by atoms with van der Waals surface area (Å²) in [4.78, 5) is 15.8. The van der Waals surface area contributed by atoms with E-state index < -0.39 is 0 Å². The Bertz CT molecular complexity index is 3530. The molecule has 0 radical (unpaired) electrons. The van der Waals surface area contributed by atoms with Crippen molar-refractivity contribution in [1.82, 2.24) is 19.5 Å². The zero-order valence-electron chi connectivity index (χ0n) is 30.4. The minimum absolute atomic E-state index is 0.514. The summed E-state index contributed by atoms with van der Waals surface area (Å²) in [7, 11) is 0. The van der Waals surface area contributed by atoms with E-state index >= 15 is 0 Å². The first-order valence-electron chi connectivity index (χ1n) is 19.0. The Morgan fingerprint density at radius 2 is 0.947 bits per heavy atom. The van der Waals surface area contributed by atoms with E-state index in [0.29, 0.717) is 17.6 Å². The normalized spacial score (nSPS) is 11.9. The van der Waals surface area contributed by atoms with Crippen molar-refractivity contribution < 1.29 is 8.83 Å². The summed E-state index contributed by atoms with van der Waals surface area (Å²) in [5.74, 6) is 1.63. The van der Waals surface area contributed by atoms with Crippen LogP contribution in [-0.2, 0) is 0 Å². The third-order valence-corrected chi connectivity index (χ3v) is 11.1. The van der Waals surface area contributed by atoms with E-state index in [1.54, 1.807) is 0 Å². The lowest BCUT2D eigenvalue weighted by Gasteiger charge is -2.12. The minimum atomic E-state index is 0.514. The predicted octanol–water partition coefficient (Wildman–Crippen LogP) is 13.4. The number of aromatic nitrogens is 4. The highest BCUT2D eigenvalue weighted by Gasteiger charge is 2.23. The van der Waals surface area contributed by atoms with Crippen molar-refractivity contribution in [3.05, 3.63) is 182 Å². The molecular formula is C51H30N4O2. The van der Waals surface area contributed by atoms with E-state index in [1.165, 1.54) is 0 Å². The molecule has 0 unspecified atom stereocenters. The monoisotopic (exact) mass is 730 g/mol. The lowest BCUT2D eigenvalue weighted by molar-refractivity contribution is 0.668. The highest BCUT2D eigenvalue weighted by atomic mass is 16.3. The number of hydrogen-bond acceptors (Lipinski definition) is 5. The fraction of sp³-hybridized carbons (Fsp3) is 0. The molecule has 0 saturated carbocycles. The van der Waals surface area contributed by atoms with Gasteiger partial charge < -0.3 is 8.83 Å². The summed E-state index contributed by atoms with van der Waals surface area (Å²) in [5, 5.41) is 6.38. The van der Waals surface area contributed by atoms with Gasteiger partial charge in [-0.2, -0.15) is 9.97 Å². The second kappa shape index (κ2) is 12.3. The SMILES string of the molecule is c1ccc(-c2cccc(-c3nc(-c4ccc5c(c4)oc4cccc(-c6ccccc6)c45)nc(-n4c5ccccc5c5ccc6oc7ccccc7c6c54)n3)c2)cc1. The van der Waals surface area contributed by atoms with Gasteiger partial charge in [0.1, 0.15) is 22.3 Å². The maximum Gasteiger partial charge on any atom is 0.238 e. The van der Waals surface area contributed by atoms with E-state index in [4.69, 9.17) is 23.8 Å². The maximum atomic E-state index is 6.57. The molecule has 0 fully saturated rings. The Labute approximate surface area is 325 Å². The van der Waals surface area contributed by atoms with Gasteiger partial charge in [0.25, 0.3) is 0 Å². The van der Waals surface area contributed by atoms with Gasteiger partial charge in [-0.05, 0) is 70.8 Å². The second-order valence-electron chi connectivity index (χ2n) is 14.4. The summed E-state index contributed by atoms with van der Waals surface area (Å²) in [6.45, 7) is 0. The van der Waals surface area contributed by atoms with Crippen LogP contribution in [-0.4, -0.2) is 19.5 Å². The van der Waals surface area contributed by atoms with E-state index in [1.807, 2.05) is 36.4 Å². The highest BCUT2D eigenvalue weighted by molar-refractivity contribution is 6.24. The van der Waals surface area contributed by atoms with Crippen molar-refractivity contribution in [2.45, 2.75) is 0 Å². The van der Waals surface area contributed by atoms with Gasteiger partial charge in [-0.25, -0.2) is 4.98 Å². The summed E-state index contributed by atoms with van der Waals surface area (Å²) in [5.41, 5.74) is 11.4. The Balaban J connectivity index is 1.13. The number of furan rings is 2. The molecule has 0 bridgehead atoms. The third-order valence-electron chi connectivity index (χ3n) is 11.1. The van der Waals surface area contributed by atoms with Crippen LogP contribution in [0.1, 0.15) is 0 Å². The molecule has 12 aromatic rings. The van der Waals surface area contributed by atoms with Gasteiger partial charge in [0.05, 0.1) is 16.4 Å². The van der Waals surface area contributed by atoms with Crippen LogP contribution in [0.4, 0.5) is 0 Å². The molecule has 8 aromatic carbocycles. The van der Waals surface area contributed by atoms with Gasteiger partial charge in [0, 0.05) is 38.1 Å². The molecule has 0 amide bonds. The molecule has 0 saturated heterocycles. The molecule has 0 aliphatic carbocycles. The Morgan fingerprint density at radius 3 is 1.79 bits per heavy atom. The van der Waals surface area contributed by atoms with Crippen LogP contribution in [0.2, 0.25) is 0 Å². The summed E-state index contributed by atoms with van der Waals surface area (Å²) in [6.07, 6.45) is 0. The molecule has 0 spiro atoms.